The molecule has 0 aliphatic carbocycles. The van der Waals surface area contributed by atoms with Gasteiger partial charge in [-0.1, -0.05) is 44.7 Å². The summed E-state index contributed by atoms with van der Waals surface area (Å²) in [6, 6.07) is 4.36. The molecule has 90 valence electrons. The van der Waals surface area contributed by atoms with Crippen molar-refractivity contribution in [2.75, 3.05) is 5.32 Å². The van der Waals surface area contributed by atoms with E-state index in [2.05, 4.69) is 24.1 Å². The van der Waals surface area contributed by atoms with Crippen molar-refractivity contribution >= 4 is 17.4 Å². The smallest absolute Gasteiger partial charge is 0.126 e. The first kappa shape index (κ1) is 13.3. The van der Waals surface area contributed by atoms with Crippen LogP contribution >= 0.6 is 11.6 Å². The average Bonchev–Trinajstić information content (AvgIpc) is 2.29. The van der Waals surface area contributed by atoms with Gasteiger partial charge in [-0.2, -0.15) is 0 Å². The van der Waals surface area contributed by atoms with Gasteiger partial charge >= 0.3 is 0 Å². The van der Waals surface area contributed by atoms with Crippen LogP contribution < -0.4 is 5.32 Å². The Labute approximate surface area is 103 Å². The molecule has 1 atom stereocenters. The molecule has 2 nitrogen and oxygen atoms in total. The number of nitrogens with zero attached hydrogens (tertiary/aromatic N) is 1. The van der Waals surface area contributed by atoms with E-state index >= 15 is 0 Å². The van der Waals surface area contributed by atoms with Gasteiger partial charge < -0.3 is 5.32 Å². The van der Waals surface area contributed by atoms with E-state index in [0.29, 0.717) is 11.1 Å². The molecule has 0 radical (unpaired) electrons. The SMILES string of the molecule is CCCCC(CCC)Nc1ccc(Cl)cn1. The summed E-state index contributed by atoms with van der Waals surface area (Å²) in [6.45, 7) is 4.44. The van der Waals surface area contributed by atoms with Crippen LogP contribution in [0.2, 0.25) is 5.02 Å². The van der Waals surface area contributed by atoms with E-state index in [4.69, 9.17) is 11.6 Å². The molecule has 1 N–H and O–H groups in total. The third kappa shape index (κ3) is 4.84. The fraction of sp³-hybridized carbons (Fsp3) is 0.615. The van der Waals surface area contributed by atoms with Gasteiger partial charge in [-0.15, -0.1) is 0 Å². The summed E-state index contributed by atoms with van der Waals surface area (Å²) in [7, 11) is 0. The lowest BCUT2D eigenvalue weighted by molar-refractivity contribution is 0.563. The summed E-state index contributed by atoms with van der Waals surface area (Å²) in [6.07, 6.45) is 7.82. The molecule has 3 heteroatoms. The summed E-state index contributed by atoms with van der Waals surface area (Å²) < 4.78 is 0. The zero-order chi connectivity index (χ0) is 11.8. The quantitative estimate of drug-likeness (QED) is 0.759. The minimum atomic E-state index is 0.540. The molecule has 1 heterocycles. The van der Waals surface area contributed by atoms with Gasteiger partial charge in [-0.3, -0.25) is 0 Å². The maximum atomic E-state index is 5.80. The first-order valence-corrected chi connectivity index (χ1v) is 6.52. The van der Waals surface area contributed by atoms with Gasteiger partial charge in [-0.05, 0) is 25.0 Å². The molecule has 0 saturated heterocycles. The second kappa shape index (κ2) is 7.50. The molecule has 0 aliphatic rings. The number of nitrogens with one attached hydrogen (secondary N) is 1. The fourth-order valence-corrected chi connectivity index (χ4v) is 1.87. The van der Waals surface area contributed by atoms with Crippen molar-refractivity contribution in [3.8, 4) is 0 Å². The summed E-state index contributed by atoms with van der Waals surface area (Å²) >= 11 is 5.80. The van der Waals surface area contributed by atoms with Crippen LogP contribution in [-0.4, -0.2) is 11.0 Å². The first-order chi connectivity index (χ1) is 7.76. The number of anilines is 1. The van der Waals surface area contributed by atoms with Gasteiger partial charge in [0.2, 0.25) is 0 Å². The van der Waals surface area contributed by atoms with E-state index < -0.39 is 0 Å². The summed E-state index contributed by atoms with van der Waals surface area (Å²) in [5.74, 6) is 0.930. The Kier molecular flexibility index (Phi) is 6.24. The molecule has 0 saturated carbocycles. The van der Waals surface area contributed by atoms with Crippen LogP contribution in [0.4, 0.5) is 5.82 Å². The molecule has 1 rings (SSSR count). The first-order valence-electron chi connectivity index (χ1n) is 6.14. The minimum absolute atomic E-state index is 0.540. The average molecular weight is 241 g/mol. The Morgan fingerprint density at radius 3 is 2.62 bits per heavy atom. The van der Waals surface area contributed by atoms with E-state index in [9.17, 15) is 0 Å². The number of hydrogen-bond donors (Lipinski definition) is 1. The van der Waals surface area contributed by atoms with Gasteiger partial charge in [0.05, 0.1) is 5.02 Å². The molecule has 1 unspecified atom stereocenters. The zero-order valence-electron chi connectivity index (χ0n) is 10.2. The number of rotatable bonds is 7. The molecule has 0 spiro atoms. The van der Waals surface area contributed by atoms with E-state index in [0.717, 1.165) is 5.82 Å². The standard InChI is InChI=1S/C13H21ClN2/c1-3-5-7-12(6-4-2)16-13-9-8-11(14)10-15-13/h8-10,12H,3-7H2,1-2H3,(H,15,16). The Morgan fingerprint density at radius 1 is 1.25 bits per heavy atom. The number of halogens is 1. The van der Waals surface area contributed by atoms with E-state index in [1.165, 1.54) is 32.1 Å². The second-order valence-corrected chi connectivity index (χ2v) is 4.57. The van der Waals surface area contributed by atoms with E-state index in [1.807, 2.05) is 12.1 Å². The fourth-order valence-electron chi connectivity index (χ4n) is 1.76. The molecule has 0 fully saturated rings. The largest absolute Gasteiger partial charge is 0.367 e. The molecular formula is C13H21ClN2. The van der Waals surface area contributed by atoms with Crippen molar-refractivity contribution in [3.63, 3.8) is 0 Å². The second-order valence-electron chi connectivity index (χ2n) is 4.13. The van der Waals surface area contributed by atoms with Crippen molar-refractivity contribution in [2.45, 2.75) is 52.0 Å². The van der Waals surface area contributed by atoms with Crippen LogP contribution in [0.1, 0.15) is 46.0 Å². The van der Waals surface area contributed by atoms with Gasteiger partial charge in [-0.25, -0.2) is 4.98 Å². The third-order valence-corrected chi connectivity index (χ3v) is 2.85. The van der Waals surface area contributed by atoms with E-state index in [-0.39, 0.29) is 0 Å². The van der Waals surface area contributed by atoms with Crippen molar-refractivity contribution < 1.29 is 0 Å². The molecule has 0 aliphatic heterocycles. The Hall–Kier alpha value is -0.760. The molecule has 1 aromatic heterocycles. The van der Waals surface area contributed by atoms with Gasteiger partial charge in [0, 0.05) is 12.2 Å². The predicted molar refractivity (Wildman–Crippen MR) is 71.1 cm³/mol. The normalized spacial score (nSPS) is 12.4. The molecule has 1 aromatic rings. The van der Waals surface area contributed by atoms with Crippen LogP contribution in [-0.2, 0) is 0 Å². The van der Waals surface area contributed by atoms with Crippen LogP contribution in [0.3, 0.4) is 0 Å². The Bertz CT molecular complexity index is 284. The Balaban J connectivity index is 2.49. The highest BCUT2D eigenvalue weighted by Crippen LogP contribution is 2.15. The topological polar surface area (TPSA) is 24.9 Å². The van der Waals surface area contributed by atoms with Gasteiger partial charge in [0.25, 0.3) is 0 Å². The lowest BCUT2D eigenvalue weighted by atomic mass is 10.1. The summed E-state index contributed by atoms with van der Waals surface area (Å²) in [5.41, 5.74) is 0. The van der Waals surface area contributed by atoms with Crippen LogP contribution in [0, 0.1) is 0 Å². The highest BCUT2D eigenvalue weighted by molar-refractivity contribution is 6.30. The molecule has 0 bridgehead atoms. The number of pyridine rings is 1. The maximum Gasteiger partial charge on any atom is 0.126 e. The van der Waals surface area contributed by atoms with Crippen molar-refractivity contribution in [1.29, 1.82) is 0 Å². The van der Waals surface area contributed by atoms with Gasteiger partial charge in [0.1, 0.15) is 5.82 Å². The van der Waals surface area contributed by atoms with Gasteiger partial charge in [0.15, 0.2) is 0 Å². The molecule has 16 heavy (non-hydrogen) atoms. The lowest BCUT2D eigenvalue weighted by Gasteiger charge is -2.18. The minimum Gasteiger partial charge on any atom is -0.367 e. The monoisotopic (exact) mass is 240 g/mol. The number of unbranched alkanes of at least 4 members (excludes halogenated alkanes) is 1. The predicted octanol–water partition coefficient (Wildman–Crippen LogP) is 4.51. The molecular weight excluding hydrogens is 220 g/mol. The third-order valence-electron chi connectivity index (χ3n) is 2.62. The van der Waals surface area contributed by atoms with Crippen LogP contribution in [0.5, 0.6) is 0 Å². The van der Waals surface area contributed by atoms with Crippen LogP contribution in [0.25, 0.3) is 0 Å². The van der Waals surface area contributed by atoms with Crippen LogP contribution in [0.15, 0.2) is 18.3 Å². The zero-order valence-corrected chi connectivity index (χ0v) is 10.9. The molecule has 0 aromatic carbocycles. The summed E-state index contributed by atoms with van der Waals surface area (Å²) in [4.78, 5) is 4.27. The highest BCUT2D eigenvalue weighted by atomic mass is 35.5. The number of hydrogen-bond acceptors (Lipinski definition) is 2. The van der Waals surface area contributed by atoms with E-state index in [1.54, 1.807) is 6.20 Å². The van der Waals surface area contributed by atoms with Crippen molar-refractivity contribution in [3.05, 3.63) is 23.4 Å². The van der Waals surface area contributed by atoms with Crippen molar-refractivity contribution in [2.24, 2.45) is 0 Å². The highest BCUT2D eigenvalue weighted by Gasteiger charge is 2.07. The summed E-state index contributed by atoms with van der Waals surface area (Å²) in [5, 5.41) is 4.16. The van der Waals surface area contributed by atoms with Crippen molar-refractivity contribution in [1.82, 2.24) is 4.98 Å². The lowest BCUT2D eigenvalue weighted by Crippen LogP contribution is -2.19. The number of aromatic nitrogens is 1. The maximum absolute atomic E-state index is 5.80. The Morgan fingerprint density at radius 2 is 2.06 bits per heavy atom. The molecule has 0 amide bonds.